The third-order valence-corrected chi connectivity index (χ3v) is 7.07. The number of hydrogen-bond donors (Lipinski definition) is 3. The highest BCUT2D eigenvalue weighted by Crippen LogP contribution is 2.45. The lowest BCUT2D eigenvalue weighted by Gasteiger charge is -2.26. The van der Waals surface area contributed by atoms with Crippen molar-refractivity contribution in [1.29, 1.82) is 0 Å². The second kappa shape index (κ2) is 10.6. The molecule has 3 aromatic rings. The number of H-pyrrole nitrogens is 1. The number of nitrogens with one attached hydrogen (secondary N) is 3. The van der Waals surface area contributed by atoms with Gasteiger partial charge in [-0.1, -0.05) is 12.1 Å². The predicted octanol–water partition coefficient (Wildman–Crippen LogP) is 3.30. The minimum atomic E-state index is -0.946. The van der Waals surface area contributed by atoms with Crippen molar-refractivity contribution in [2.75, 3.05) is 31.2 Å². The number of carbonyl (C=O) groups excluding carboxylic acids is 2. The van der Waals surface area contributed by atoms with Crippen LogP contribution in [0, 0.1) is 0 Å². The Balaban J connectivity index is 1.81. The van der Waals surface area contributed by atoms with Gasteiger partial charge in [0, 0.05) is 24.0 Å². The highest BCUT2D eigenvalue weighted by atomic mass is 32.3. The Bertz CT molecular complexity index is 1190. The molecule has 182 valence electrons. The molecule has 1 atom stereocenters. The second-order valence-corrected chi connectivity index (χ2v) is 12.8. The third-order valence-electron chi connectivity index (χ3n) is 5.39. The molecule has 0 aliphatic rings. The van der Waals surface area contributed by atoms with Crippen molar-refractivity contribution < 1.29 is 14.3 Å². The Morgan fingerprint density at radius 3 is 2.24 bits per heavy atom. The van der Waals surface area contributed by atoms with Gasteiger partial charge in [0.1, 0.15) is 11.8 Å². The molecule has 1 unspecified atom stereocenters. The number of ether oxygens (including phenoxy) is 1. The number of methoxy groups -OCH3 is 1. The average Bonchev–Trinajstić information content (AvgIpc) is 3.16. The number of nitrogens with zero attached hydrogens (tertiary/aromatic N) is 1. The fraction of sp³-hybridized carbons (Fsp3) is 0.320. The number of hydrogen-bond acceptors (Lipinski definition) is 4. The van der Waals surface area contributed by atoms with Crippen molar-refractivity contribution in [3.63, 3.8) is 0 Å². The molecule has 2 amide bonds. The van der Waals surface area contributed by atoms with Crippen molar-refractivity contribution in [2.24, 2.45) is 0 Å². The van der Waals surface area contributed by atoms with Crippen LogP contribution in [0.1, 0.15) is 24.1 Å². The summed E-state index contributed by atoms with van der Waals surface area (Å²) < 4.78 is 6.82. The minimum Gasteiger partial charge on any atom is -0.497 e. The van der Waals surface area contributed by atoms with Crippen LogP contribution < -0.4 is 20.9 Å². The molecule has 0 bridgehead atoms. The number of aromatic amines is 1. The SMILES string of the molecule is CCn1cc(CC(=O)NC(C(=O)Nc2ccc(S(C)(C)C)cc2)c2ccc(OC)cc2)c(=O)[nH]1. The first-order valence-electron chi connectivity index (χ1n) is 10.9. The van der Waals surface area contributed by atoms with Crippen LogP contribution in [0.25, 0.3) is 0 Å². The Kier molecular flexibility index (Phi) is 7.88. The Hall–Kier alpha value is -3.46. The summed E-state index contributed by atoms with van der Waals surface area (Å²) in [4.78, 5) is 39.4. The van der Waals surface area contributed by atoms with Gasteiger partial charge in [-0.25, -0.2) is 10.0 Å². The number of amides is 2. The Morgan fingerprint density at radius 1 is 1.06 bits per heavy atom. The standard InChI is InChI=1S/C25H32N4O4S/c1-6-29-16-18(24(31)28-29)15-22(30)27-23(17-7-11-20(33-2)12-8-17)25(32)26-19-9-13-21(14-10-19)34(3,4)5/h7-14,16,23H,6,15H2,1-5H3,(H,26,32)(H,27,30)(H,28,31). The van der Waals surface area contributed by atoms with Gasteiger partial charge in [0.15, 0.2) is 0 Å². The molecule has 0 fully saturated rings. The maximum absolute atomic E-state index is 13.2. The molecule has 0 saturated carbocycles. The van der Waals surface area contributed by atoms with Crippen molar-refractivity contribution in [1.82, 2.24) is 15.1 Å². The third kappa shape index (κ3) is 6.32. The molecule has 1 aromatic heterocycles. The summed E-state index contributed by atoms with van der Waals surface area (Å²) in [5.74, 6) is -0.168. The van der Waals surface area contributed by atoms with E-state index in [0.717, 1.165) is 0 Å². The highest BCUT2D eigenvalue weighted by Gasteiger charge is 2.24. The lowest BCUT2D eigenvalue weighted by molar-refractivity contribution is -0.126. The van der Waals surface area contributed by atoms with E-state index in [-0.39, 0.29) is 17.9 Å². The minimum absolute atomic E-state index is 0.134. The lowest BCUT2D eigenvalue weighted by atomic mass is 10.0. The van der Waals surface area contributed by atoms with Crippen molar-refractivity contribution in [3.05, 3.63) is 76.2 Å². The monoisotopic (exact) mass is 484 g/mol. The van der Waals surface area contributed by atoms with E-state index in [1.165, 1.54) is 4.90 Å². The van der Waals surface area contributed by atoms with E-state index < -0.39 is 22.0 Å². The summed E-state index contributed by atoms with van der Waals surface area (Å²) >= 11 is 0. The van der Waals surface area contributed by atoms with Crippen LogP contribution in [0.5, 0.6) is 5.75 Å². The molecule has 0 saturated heterocycles. The van der Waals surface area contributed by atoms with Crippen LogP contribution in [0.15, 0.2) is 64.4 Å². The van der Waals surface area contributed by atoms with Crippen LogP contribution in [0.4, 0.5) is 5.69 Å². The molecule has 2 aromatic carbocycles. The van der Waals surface area contributed by atoms with Crippen molar-refractivity contribution in [2.45, 2.75) is 30.8 Å². The van der Waals surface area contributed by atoms with Gasteiger partial charge in [-0.15, -0.1) is 0 Å². The zero-order chi connectivity index (χ0) is 24.9. The summed E-state index contributed by atoms with van der Waals surface area (Å²) in [5.41, 5.74) is 1.26. The van der Waals surface area contributed by atoms with Crippen LogP contribution in [-0.2, 0) is 22.6 Å². The van der Waals surface area contributed by atoms with Crippen LogP contribution in [0.2, 0.25) is 0 Å². The summed E-state index contributed by atoms with van der Waals surface area (Å²) in [6.07, 6.45) is 8.09. The smallest absolute Gasteiger partial charge is 0.267 e. The lowest BCUT2D eigenvalue weighted by Crippen LogP contribution is -2.38. The Labute approximate surface area is 201 Å². The first-order valence-corrected chi connectivity index (χ1v) is 13.8. The molecule has 34 heavy (non-hydrogen) atoms. The molecule has 3 rings (SSSR count). The number of rotatable bonds is 9. The fourth-order valence-corrected chi connectivity index (χ4v) is 4.37. The van der Waals surface area contributed by atoms with E-state index >= 15 is 0 Å². The largest absolute Gasteiger partial charge is 0.497 e. The van der Waals surface area contributed by atoms with Gasteiger partial charge in [0.25, 0.3) is 11.5 Å². The molecule has 0 spiro atoms. The molecule has 0 radical (unpaired) electrons. The number of aryl methyl sites for hydroxylation is 1. The quantitative estimate of drug-likeness (QED) is 0.433. The maximum atomic E-state index is 13.2. The first-order chi connectivity index (χ1) is 16.1. The van der Waals surface area contributed by atoms with Gasteiger partial charge in [0.05, 0.1) is 13.5 Å². The normalized spacial score (nSPS) is 12.6. The van der Waals surface area contributed by atoms with Gasteiger partial charge in [0.2, 0.25) is 5.91 Å². The van der Waals surface area contributed by atoms with E-state index in [0.29, 0.717) is 29.1 Å². The molecule has 1 heterocycles. The van der Waals surface area contributed by atoms with Gasteiger partial charge in [-0.05, 0) is 72.5 Å². The molecular weight excluding hydrogens is 452 g/mol. The molecule has 9 heteroatoms. The zero-order valence-electron chi connectivity index (χ0n) is 20.2. The molecule has 3 N–H and O–H groups in total. The average molecular weight is 485 g/mol. The predicted molar refractivity (Wildman–Crippen MR) is 137 cm³/mol. The molecule has 0 aliphatic heterocycles. The van der Waals surface area contributed by atoms with Crippen LogP contribution >= 0.6 is 10.0 Å². The summed E-state index contributed by atoms with van der Waals surface area (Å²) in [7, 11) is 0.685. The zero-order valence-corrected chi connectivity index (χ0v) is 21.0. The number of aromatic nitrogens is 2. The topological polar surface area (TPSA) is 105 Å². The summed E-state index contributed by atoms with van der Waals surface area (Å²) in [6, 6.07) is 13.7. The van der Waals surface area contributed by atoms with Gasteiger partial charge in [-0.2, -0.15) is 0 Å². The highest BCUT2D eigenvalue weighted by molar-refractivity contribution is 8.32. The maximum Gasteiger partial charge on any atom is 0.267 e. The molecular formula is C25H32N4O4S. The Morgan fingerprint density at radius 2 is 1.71 bits per heavy atom. The van der Waals surface area contributed by atoms with E-state index in [1.807, 2.05) is 31.2 Å². The van der Waals surface area contributed by atoms with Crippen molar-refractivity contribution in [3.8, 4) is 5.75 Å². The van der Waals surface area contributed by atoms with E-state index in [1.54, 1.807) is 42.3 Å². The van der Waals surface area contributed by atoms with E-state index in [2.05, 4.69) is 34.5 Å². The van der Waals surface area contributed by atoms with E-state index in [9.17, 15) is 14.4 Å². The summed E-state index contributed by atoms with van der Waals surface area (Å²) in [5, 5.41) is 8.33. The second-order valence-electron chi connectivity index (χ2n) is 8.68. The van der Waals surface area contributed by atoms with Gasteiger partial charge < -0.3 is 15.4 Å². The van der Waals surface area contributed by atoms with Crippen LogP contribution in [0.3, 0.4) is 0 Å². The number of benzene rings is 2. The number of carbonyl (C=O) groups is 2. The van der Waals surface area contributed by atoms with Gasteiger partial charge in [-0.3, -0.25) is 24.2 Å². The number of anilines is 1. The molecule has 0 aliphatic carbocycles. The first kappa shape index (κ1) is 25.2. The van der Waals surface area contributed by atoms with Crippen LogP contribution in [-0.4, -0.2) is 47.5 Å². The molecule has 8 nitrogen and oxygen atoms in total. The fourth-order valence-electron chi connectivity index (χ4n) is 3.42. The summed E-state index contributed by atoms with van der Waals surface area (Å²) in [6.45, 7) is 2.47. The van der Waals surface area contributed by atoms with Crippen molar-refractivity contribution >= 4 is 27.5 Å². The van der Waals surface area contributed by atoms with E-state index in [4.69, 9.17) is 4.74 Å². The van der Waals surface area contributed by atoms with Gasteiger partial charge >= 0.3 is 0 Å².